The Morgan fingerprint density at radius 3 is 2.39 bits per heavy atom. The molecule has 4 heterocycles. The summed E-state index contributed by atoms with van der Waals surface area (Å²) >= 11 is 0. The van der Waals surface area contributed by atoms with Crippen molar-refractivity contribution in [2.24, 2.45) is 17.4 Å². The summed E-state index contributed by atoms with van der Waals surface area (Å²) in [5, 5.41) is 25.1. The summed E-state index contributed by atoms with van der Waals surface area (Å²) in [6, 6.07) is 11.3. The van der Waals surface area contributed by atoms with Gasteiger partial charge in [-0.3, -0.25) is 19.2 Å². The predicted molar refractivity (Wildman–Crippen MR) is 242 cm³/mol. The third-order valence-corrected chi connectivity index (χ3v) is 11.7. The Labute approximate surface area is 380 Å². The van der Waals surface area contributed by atoms with E-state index in [1.54, 1.807) is 61.7 Å². The molecule has 4 aromatic rings. The maximum atomic E-state index is 13.6. The molecule has 0 radical (unpaired) electrons. The molecule has 66 heavy (non-hydrogen) atoms. The van der Waals surface area contributed by atoms with Crippen molar-refractivity contribution in [3.8, 4) is 17.1 Å². The molecule has 2 aromatic carbocycles. The van der Waals surface area contributed by atoms with Gasteiger partial charge >= 0.3 is 18.1 Å². The molecule has 20 heteroatoms. The van der Waals surface area contributed by atoms with E-state index in [1.165, 1.54) is 0 Å². The molecule has 2 aromatic heterocycles. The number of carbonyl (C=O) groups excluding carboxylic acids is 6. The number of fused-ring (bicyclic) bond motifs is 5. The minimum atomic E-state index is -1.91. The van der Waals surface area contributed by atoms with Gasteiger partial charge in [0, 0.05) is 35.3 Å². The van der Waals surface area contributed by atoms with E-state index >= 15 is 0 Å². The van der Waals surface area contributed by atoms with E-state index < -0.39 is 53.5 Å². The summed E-state index contributed by atoms with van der Waals surface area (Å²) in [6.07, 6.45) is 0.962. The van der Waals surface area contributed by atoms with Gasteiger partial charge in [0.1, 0.15) is 25.0 Å². The van der Waals surface area contributed by atoms with Gasteiger partial charge in [-0.15, -0.1) is 0 Å². The molecule has 2 aliphatic heterocycles. The highest BCUT2D eigenvalue weighted by molar-refractivity contribution is 5.98. The minimum Gasteiger partial charge on any atom is -0.494 e. The van der Waals surface area contributed by atoms with Crippen LogP contribution >= 0.6 is 0 Å². The zero-order valence-electron chi connectivity index (χ0n) is 37.4. The number of anilines is 1. The largest absolute Gasteiger partial charge is 0.494 e. The first-order chi connectivity index (χ1) is 31.5. The van der Waals surface area contributed by atoms with E-state index in [4.69, 9.17) is 30.7 Å². The van der Waals surface area contributed by atoms with Crippen LogP contribution in [0.3, 0.4) is 0 Å². The number of primary amides is 1. The van der Waals surface area contributed by atoms with Crippen molar-refractivity contribution in [1.29, 1.82) is 0 Å². The van der Waals surface area contributed by atoms with Gasteiger partial charge in [-0.05, 0) is 85.5 Å². The number of aryl methyl sites for hydroxylation is 1. The van der Waals surface area contributed by atoms with Gasteiger partial charge < -0.3 is 61.9 Å². The summed E-state index contributed by atoms with van der Waals surface area (Å²) < 4.78 is 18.1. The topological polar surface area (TPSA) is 297 Å². The molecule has 6 rings (SSSR count). The molecule has 0 unspecified atom stereocenters. The SMILES string of the molecule is CCc1c2c(nc3ccc(OCCCNC(=O)CNC(=O)OCc4ccc(NC(=O)[C@H](CCCNC(N)=O)NC(=O)[C@@H](N)C(C)C)cc4)cc13)-c1cc3c(c(=O)n1C2)COC(=O)[C@]3(O)CC. The zero-order valence-corrected chi connectivity index (χ0v) is 37.4. The molecule has 2 aliphatic rings. The summed E-state index contributed by atoms with van der Waals surface area (Å²) in [6.45, 7) is 7.73. The van der Waals surface area contributed by atoms with E-state index in [1.807, 2.05) is 19.1 Å². The van der Waals surface area contributed by atoms with E-state index in [2.05, 4.69) is 26.6 Å². The van der Waals surface area contributed by atoms with Crippen LogP contribution in [0.15, 0.2) is 53.3 Å². The summed E-state index contributed by atoms with van der Waals surface area (Å²) in [7, 11) is 0. The number of hydrogen-bond donors (Lipinski definition) is 8. The Hall–Kier alpha value is -7.06. The van der Waals surface area contributed by atoms with Gasteiger partial charge in [0.05, 0.1) is 48.2 Å². The molecule has 6 amide bonds. The lowest BCUT2D eigenvalue weighted by Crippen LogP contribution is -2.51. The second-order valence-corrected chi connectivity index (χ2v) is 16.5. The van der Waals surface area contributed by atoms with E-state index in [0.717, 1.165) is 16.5 Å². The van der Waals surface area contributed by atoms with Crippen LogP contribution < -0.4 is 48.3 Å². The van der Waals surface area contributed by atoms with Gasteiger partial charge in [0.15, 0.2) is 5.60 Å². The molecule has 0 aliphatic carbocycles. The molecule has 352 valence electrons. The number of cyclic esters (lactones) is 1. The summed E-state index contributed by atoms with van der Waals surface area (Å²) in [5.74, 6) is -1.70. The van der Waals surface area contributed by atoms with Crippen LogP contribution in [0.1, 0.15) is 81.2 Å². The minimum absolute atomic E-state index is 0.0571. The standard InChI is InChI=1S/C46H57N9O11/c1-5-29-30-19-28(14-15-34(30)53-39-31(29)22-55-36(39)20-33-32(42(55)59)24-65-43(60)46(33,63)6-2)64-18-8-17-49-37(56)21-51-45(62)66-23-26-10-12-27(13-11-26)52-40(57)35(9-7-16-50-44(48)61)54-41(58)38(47)25(3)4/h10-15,19-20,25,35,38,63H,5-9,16-18,21-24,47H2,1-4H3,(H,49,56)(H,51,62)(H,52,57)(H,54,58)(H3,48,50,61)/t35-,38-,46-/m0/s1. The Morgan fingerprint density at radius 2 is 1.70 bits per heavy atom. The van der Waals surface area contributed by atoms with Gasteiger partial charge in [0.25, 0.3) is 5.56 Å². The van der Waals surface area contributed by atoms with Crippen molar-refractivity contribution in [3.63, 3.8) is 0 Å². The van der Waals surface area contributed by atoms with Crippen molar-refractivity contribution >= 4 is 52.4 Å². The average molecular weight is 912 g/mol. The van der Waals surface area contributed by atoms with Gasteiger partial charge in [-0.2, -0.15) is 0 Å². The first-order valence-electron chi connectivity index (χ1n) is 22.0. The number of rotatable bonds is 20. The van der Waals surface area contributed by atoms with Gasteiger partial charge in [0.2, 0.25) is 17.7 Å². The fourth-order valence-corrected chi connectivity index (χ4v) is 7.81. The Morgan fingerprint density at radius 1 is 0.955 bits per heavy atom. The van der Waals surface area contributed by atoms with E-state index in [9.17, 15) is 38.7 Å². The van der Waals surface area contributed by atoms with E-state index in [-0.39, 0.29) is 74.9 Å². The maximum absolute atomic E-state index is 13.6. The number of esters is 1. The molecule has 0 saturated carbocycles. The number of pyridine rings is 2. The average Bonchev–Trinajstić information content (AvgIpc) is 3.67. The second kappa shape index (κ2) is 21.3. The first kappa shape index (κ1) is 48.4. The number of nitrogens with two attached hydrogens (primary N) is 2. The van der Waals surface area contributed by atoms with Crippen LogP contribution in [0, 0.1) is 5.92 Å². The van der Waals surface area contributed by atoms with Crippen LogP contribution in [0.4, 0.5) is 15.3 Å². The molecule has 3 atom stereocenters. The summed E-state index contributed by atoms with van der Waals surface area (Å²) in [5.41, 5.74) is 14.2. The second-order valence-electron chi connectivity index (χ2n) is 16.5. The molecule has 0 bridgehead atoms. The highest BCUT2D eigenvalue weighted by Gasteiger charge is 2.45. The van der Waals surface area contributed by atoms with Crippen molar-refractivity contribution < 1.29 is 48.1 Å². The first-order valence-corrected chi connectivity index (χ1v) is 22.0. The maximum Gasteiger partial charge on any atom is 0.407 e. The van der Waals surface area contributed by atoms with Gasteiger partial charge in [-0.1, -0.05) is 39.8 Å². The van der Waals surface area contributed by atoms with Crippen LogP contribution in [0.5, 0.6) is 5.75 Å². The fraction of sp³-hybridized carbons (Fsp3) is 0.435. The van der Waals surface area contributed by atoms with Crippen molar-refractivity contribution in [1.82, 2.24) is 30.8 Å². The number of alkyl carbamates (subject to hydrolysis) is 1. The number of hydrogen-bond acceptors (Lipinski definition) is 13. The number of carbonyl (C=O) groups is 6. The Kier molecular flexibility index (Phi) is 15.6. The number of urea groups is 1. The lowest BCUT2D eigenvalue weighted by Gasteiger charge is -2.31. The van der Waals surface area contributed by atoms with Crippen LogP contribution in [0.2, 0.25) is 0 Å². The molecule has 20 nitrogen and oxygen atoms in total. The Balaban J connectivity index is 0.928. The lowest BCUT2D eigenvalue weighted by molar-refractivity contribution is -0.172. The number of aliphatic hydroxyl groups is 1. The number of benzene rings is 2. The highest BCUT2D eigenvalue weighted by Crippen LogP contribution is 2.40. The molecule has 0 fully saturated rings. The van der Waals surface area contributed by atoms with Crippen molar-refractivity contribution in [2.75, 3.05) is 31.6 Å². The molecular formula is C46H57N9O11. The van der Waals surface area contributed by atoms with E-state index in [0.29, 0.717) is 59.7 Å². The molecule has 10 N–H and O–H groups in total. The molecular weight excluding hydrogens is 855 g/mol. The van der Waals surface area contributed by atoms with Crippen molar-refractivity contribution in [3.05, 3.63) is 86.7 Å². The summed E-state index contributed by atoms with van der Waals surface area (Å²) in [4.78, 5) is 92.6. The number of nitrogens with one attached hydrogen (secondary N) is 5. The smallest absolute Gasteiger partial charge is 0.407 e. The number of nitrogens with zero attached hydrogens (tertiary/aromatic N) is 2. The number of ether oxygens (including phenoxy) is 3. The zero-order chi connectivity index (χ0) is 47.7. The highest BCUT2D eigenvalue weighted by atomic mass is 16.6. The van der Waals surface area contributed by atoms with Crippen LogP contribution in [0.25, 0.3) is 22.3 Å². The number of aromatic nitrogens is 2. The van der Waals surface area contributed by atoms with Crippen LogP contribution in [-0.2, 0) is 60.4 Å². The third kappa shape index (κ3) is 11.1. The number of amides is 6. The lowest BCUT2D eigenvalue weighted by atomic mass is 9.86. The fourth-order valence-electron chi connectivity index (χ4n) is 7.81. The Bertz CT molecular complexity index is 2560. The molecule has 0 saturated heterocycles. The quantitative estimate of drug-likeness (QED) is 0.0411. The predicted octanol–water partition coefficient (Wildman–Crippen LogP) is 2.31. The third-order valence-electron chi connectivity index (χ3n) is 11.7. The monoisotopic (exact) mass is 911 g/mol. The van der Waals surface area contributed by atoms with Crippen LogP contribution in [-0.4, -0.2) is 88.8 Å². The normalized spacial score (nSPS) is 15.7. The molecule has 0 spiro atoms. The van der Waals surface area contributed by atoms with Crippen molar-refractivity contribution in [2.45, 2.75) is 97.2 Å². The van der Waals surface area contributed by atoms with Gasteiger partial charge in [-0.25, -0.2) is 19.4 Å².